The zero-order valence-corrected chi connectivity index (χ0v) is 7.88. The van der Waals surface area contributed by atoms with E-state index in [0.717, 1.165) is 23.9 Å². The van der Waals surface area contributed by atoms with E-state index >= 15 is 0 Å². The maximum absolute atomic E-state index is 2.69. The summed E-state index contributed by atoms with van der Waals surface area (Å²) in [6, 6.07) is 1.96. The molecule has 1 aliphatic heterocycles. The number of likely N-dealkylation sites (tertiary alicyclic amines) is 1. The van der Waals surface area contributed by atoms with Gasteiger partial charge in [0.05, 0.1) is 0 Å². The van der Waals surface area contributed by atoms with Gasteiger partial charge in [0.2, 0.25) is 0 Å². The Morgan fingerprint density at radius 1 is 1.09 bits per heavy atom. The molecule has 0 aromatic rings. The highest BCUT2D eigenvalue weighted by molar-refractivity contribution is 5.18. The molecule has 0 N–H and O–H groups in total. The fraction of sp³-hybridized carbons (Fsp3) is 1.00. The van der Waals surface area contributed by atoms with Crippen molar-refractivity contribution in [2.75, 3.05) is 6.54 Å². The zero-order chi connectivity index (χ0) is 8.01. The molecule has 4 unspecified atom stereocenters. The molecule has 2 rings (SSSR count). The molecule has 1 nitrogen and oxygen atoms in total. The van der Waals surface area contributed by atoms with Crippen LogP contribution in [0.15, 0.2) is 0 Å². The predicted octanol–water partition coefficient (Wildman–Crippen LogP) is 2.13. The van der Waals surface area contributed by atoms with E-state index in [9.17, 15) is 0 Å². The van der Waals surface area contributed by atoms with Gasteiger partial charge in [0.1, 0.15) is 0 Å². The van der Waals surface area contributed by atoms with E-state index in [0.29, 0.717) is 0 Å². The smallest absolute Gasteiger partial charge is 0.0177 e. The number of nitrogens with zero attached hydrogens (tertiary/aromatic N) is 1. The summed E-state index contributed by atoms with van der Waals surface area (Å²) in [5, 5.41) is 0. The first-order valence-corrected chi connectivity index (χ1v) is 5.10. The average molecular weight is 153 g/mol. The molecule has 0 spiro atoms. The van der Waals surface area contributed by atoms with Crippen molar-refractivity contribution in [2.24, 2.45) is 11.8 Å². The summed E-state index contributed by atoms with van der Waals surface area (Å²) in [7, 11) is 0. The highest BCUT2D eigenvalue weighted by Gasteiger charge is 2.65. The monoisotopic (exact) mass is 153 g/mol. The highest BCUT2D eigenvalue weighted by atomic mass is 15.3. The first-order chi connectivity index (χ1) is 5.35. The summed E-state index contributed by atoms with van der Waals surface area (Å²) in [5.41, 5.74) is 0. The fourth-order valence-corrected chi connectivity index (χ4v) is 3.17. The lowest BCUT2D eigenvalue weighted by Gasteiger charge is -2.38. The van der Waals surface area contributed by atoms with Crippen molar-refractivity contribution in [1.82, 2.24) is 4.90 Å². The van der Waals surface area contributed by atoms with Crippen LogP contribution in [0.25, 0.3) is 0 Å². The highest BCUT2D eigenvalue weighted by Crippen LogP contribution is 2.59. The molecule has 1 heteroatoms. The molecular formula is C10H19N. The molecule has 64 valence electrons. The van der Waals surface area contributed by atoms with Gasteiger partial charge in [-0.25, -0.2) is 0 Å². The molecule has 0 aromatic heterocycles. The van der Waals surface area contributed by atoms with Crippen LogP contribution < -0.4 is 0 Å². The normalized spacial score (nSPS) is 48.3. The third kappa shape index (κ3) is 0.807. The average Bonchev–Trinajstić information content (AvgIpc) is 2.61. The fourth-order valence-electron chi connectivity index (χ4n) is 3.17. The van der Waals surface area contributed by atoms with Crippen molar-refractivity contribution >= 4 is 0 Å². The molecular weight excluding hydrogens is 134 g/mol. The molecule has 1 saturated heterocycles. The zero-order valence-electron chi connectivity index (χ0n) is 7.88. The number of hydrogen-bond donors (Lipinski definition) is 0. The van der Waals surface area contributed by atoms with Crippen molar-refractivity contribution in [3.63, 3.8) is 0 Å². The Balaban J connectivity index is 1.95. The van der Waals surface area contributed by atoms with Crippen LogP contribution >= 0.6 is 0 Å². The number of hydrogen-bond acceptors (Lipinski definition) is 1. The predicted molar refractivity (Wildman–Crippen MR) is 47.5 cm³/mol. The quantitative estimate of drug-likeness (QED) is 0.600. The second kappa shape index (κ2) is 2.48. The summed E-state index contributed by atoms with van der Waals surface area (Å²) in [4.78, 5) is 2.69. The van der Waals surface area contributed by atoms with Crippen molar-refractivity contribution in [3.05, 3.63) is 0 Å². The lowest BCUT2D eigenvalue weighted by atomic mass is 10.00. The Labute approximate surface area is 69.8 Å². The molecule has 0 radical (unpaired) electrons. The summed E-state index contributed by atoms with van der Waals surface area (Å²) in [6.07, 6.45) is 2.77. The van der Waals surface area contributed by atoms with Crippen molar-refractivity contribution in [3.8, 4) is 0 Å². The van der Waals surface area contributed by atoms with Crippen molar-refractivity contribution in [1.29, 1.82) is 0 Å². The Morgan fingerprint density at radius 3 is 2.18 bits per heavy atom. The van der Waals surface area contributed by atoms with Gasteiger partial charge in [0, 0.05) is 12.1 Å². The maximum Gasteiger partial charge on any atom is 0.0177 e. The summed E-state index contributed by atoms with van der Waals surface area (Å²) in [5.74, 6) is 2.17. The minimum atomic E-state index is 0.954. The summed E-state index contributed by atoms with van der Waals surface area (Å²) >= 11 is 0. The molecule has 0 aromatic carbocycles. The number of rotatable bonds is 3. The van der Waals surface area contributed by atoms with Crippen LogP contribution in [-0.2, 0) is 0 Å². The molecule has 1 heterocycles. The lowest BCUT2D eigenvalue weighted by Crippen LogP contribution is -2.48. The van der Waals surface area contributed by atoms with Gasteiger partial charge in [-0.3, -0.25) is 4.90 Å². The first kappa shape index (κ1) is 7.60. The van der Waals surface area contributed by atoms with Gasteiger partial charge in [-0.2, -0.15) is 0 Å². The molecule has 0 amide bonds. The maximum atomic E-state index is 2.69. The van der Waals surface area contributed by atoms with E-state index in [4.69, 9.17) is 0 Å². The van der Waals surface area contributed by atoms with Gasteiger partial charge in [-0.05, 0) is 24.8 Å². The van der Waals surface area contributed by atoms with Crippen LogP contribution in [-0.4, -0.2) is 23.5 Å². The Morgan fingerprint density at radius 2 is 1.82 bits per heavy atom. The Bertz CT molecular complexity index is 139. The first-order valence-electron chi connectivity index (χ1n) is 5.10. The van der Waals surface area contributed by atoms with E-state index in [-0.39, 0.29) is 0 Å². The summed E-state index contributed by atoms with van der Waals surface area (Å²) in [6.45, 7) is 8.23. The van der Waals surface area contributed by atoms with Gasteiger partial charge in [-0.1, -0.05) is 27.2 Å². The van der Waals surface area contributed by atoms with Gasteiger partial charge in [0.25, 0.3) is 0 Å². The van der Waals surface area contributed by atoms with Crippen LogP contribution in [0.1, 0.15) is 33.6 Å². The second-order valence-corrected chi connectivity index (χ2v) is 3.95. The van der Waals surface area contributed by atoms with Crippen molar-refractivity contribution in [2.45, 2.75) is 45.7 Å². The van der Waals surface area contributed by atoms with Crippen LogP contribution in [0.2, 0.25) is 0 Å². The molecule has 2 aliphatic rings. The summed E-state index contributed by atoms with van der Waals surface area (Å²) < 4.78 is 0. The molecule has 11 heavy (non-hydrogen) atoms. The van der Waals surface area contributed by atoms with Gasteiger partial charge in [-0.15, -0.1) is 0 Å². The Kier molecular flexibility index (Phi) is 1.71. The molecule has 1 saturated carbocycles. The third-order valence-corrected chi connectivity index (χ3v) is 3.69. The van der Waals surface area contributed by atoms with E-state index in [2.05, 4.69) is 25.7 Å². The van der Waals surface area contributed by atoms with E-state index in [1.54, 1.807) is 0 Å². The SMILES string of the molecule is CCC1C2C(CC)N(CC)C12. The topological polar surface area (TPSA) is 3.24 Å². The minimum absolute atomic E-state index is 0.954. The van der Waals surface area contributed by atoms with Crippen molar-refractivity contribution < 1.29 is 0 Å². The van der Waals surface area contributed by atoms with E-state index in [1.807, 2.05) is 0 Å². The number of fused-ring (bicyclic) bond motifs is 1. The van der Waals surface area contributed by atoms with Crippen LogP contribution in [0.5, 0.6) is 0 Å². The van der Waals surface area contributed by atoms with Gasteiger partial charge in [0.15, 0.2) is 0 Å². The van der Waals surface area contributed by atoms with Crippen LogP contribution in [0.4, 0.5) is 0 Å². The second-order valence-electron chi connectivity index (χ2n) is 3.95. The van der Waals surface area contributed by atoms with Crippen LogP contribution in [0, 0.1) is 11.8 Å². The molecule has 2 fully saturated rings. The van der Waals surface area contributed by atoms with Crippen LogP contribution in [0.3, 0.4) is 0 Å². The third-order valence-electron chi connectivity index (χ3n) is 3.69. The largest absolute Gasteiger partial charge is 0.297 e. The van der Waals surface area contributed by atoms with Gasteiger partial charge < -0.3 is 0 Å². The van der Waals surface area contributed by atoms with E-state index in [1.165, 1.54) is 19.4 Å². The molecule has 1 aliphatic carbocycles. The van der Waals surface area contributed by atoms with E-state index < -0.39 is 0 Å². The minimum Gasteiger partial charge on any atom is -0.297 e. The Hall–Kier alpha value is -0.0400. The molecule has 4 atom stereocenters. The lowest BCUT2D eigenvalue weighted by molar-refractivity contribution is 0.0835. The standard InChI is InChI=1S/C10H19N/c1-4-7-9-8(5-2)11(6-3)10(7)9/h7-10H,4-6H2,1-3H3. The van der Waals surface area contributed by atoms with Gasteiger partial charge >= 0.3 is 0 Å². The molecule has 0 bridgehead atoms.